The zero-order valence-electron chi connectivity index (χ0n) is 78.7. The summed E-state index contributed by atoms with van der Waals surface area (Å²) < 4.78 is 59.1. The SMILES string of the molecule is COc1cc(N2CCC(N3CCN(C)CC3)CC2)c(C)cc1Nc1ncc(Br)c(Nc2ccc3nccnc3c2P(C)(C)=O)n1.COc1cc(N2CCC(N3CCN(C)CC3)CC2)ccc1Nc1ncc(Cl)c(Nc2ccc3c(c2P(C)(C)=O)CCC3)n1.COc1cc(N2CCC3(CC2)CN(C(C)C)C3)c(C)cc1Nc1ncc(Br)c(Nc2ccc3ccccc3c2P(C)(C)=O)n1. The molecule has 28 nitrogen and oxygen atoms in total. The fourth-order valence-corrected chi connectivity index (χ4v) is 25.1. The highest BCUT2D eigenvalue weighted by Crippen LogP contribution is 2.49. The number of ether oxygens (including phenoxy) is 3. The lowest BCUT2D eigenvalue weighted by Gasteiger charge is -2.56. The van der Waals surface area contributed by atoms with Crippen molar-refractivity contribution in [3.63, 3.8) is 0 Å². The lowest BCUT2D eigenvalue weighted by molar-refractivity contribution is -0.0380. The summed E-state index contributed by atoms with van der Waals surface area (Å²) in [5.74, 6) is 5.00. The molecule has 0 amide bonds. The van der Waals surface area contributed by atoms with E-state index in [9.17, 15) is 13.7 Å². The quantitative estimate of drug-likeness (QED) is 0.0307. The maximum atomic E-state index is 13.4. The van der Waals surface area contributed by atoms with Crippen LogP contribution in [0.25, 0.3) is 21.8 Å². The number of aromatic nitrogens is 8. The van der Waals surface area contributed by atoms with E-state index in [2.05, 4.69) is 212 Å². The number of likely N-dealkylation sites (N-methyl/N-ethyl adjacent to an activating group) is 2. The van der Waals surface area contributed by atoms with Gasteiger partial charge in [0.1, 0.15) is 60.8 Å². The average molecular weight is 2000 g/mol. The first-order valence-corrected chi connectivity index (χ1v) is 55.7. The van der Waals surface area contributed by atoms with Crippen molar-refractivity contribution < 1.29 is 27.9 Å². The summed E-state index contributed by atoms with van der Waals surface area (Å²) in [6.45, 7) is 37.6. The monoisotopic (exact) mass is 1990 g/mol. The molecule has 1 spiro atoms. The van der Waals surface area contributed by atoms with Gasteiger partial charge in [-0.3, -0.25) is 24.7 Å². The second-order valence-electron chi connectivity index (χ2n) is 37.7. The Bertz CT molecular complexity index is 6160. The van der Waals surface area contributed by atoms with Gasteiger partial charge in [0, 0.05) is 193 Å². The Balaban J connectivity index is 0.000000144. The van der Waals surface area contributed by atoms with Crippen LogP contribution in [0, 0.1) is 19.3 Å². The van der Waals surface area contributed by atoms with Gasteiger partial charge in [-0.05, 0) is 258 Å². The second-order valence-corrected chi connectivity index (χ2v) is 49.2. The number of fused-ring (bicyclic) bond motifs is 3. The van der Waals surface area contributed by atoms with Gasteiger partial charge >= 0.3 is 0 Å². The average Bonchev–Trinajstić information content (AvgIpc) is 1.48. The minimum Gasteiger partial charge on any atom is -0.494 e. The maximum absolute atomic E-state index is 13.4. The van der Waals surface area contributed by atoms with Gasteiger partial charge in [0.2, 0.25) is 17.8 Å². The van der Waals surface area contributed by atoms with Crippen LogP contribution in [0.2, 0.25) is 5.02 Å². The van der Waals surface area contributed by atoms with E-state index in [1.807, 2.05) is 74.0 Å². The number of hydrogen-bond donors (Lipinski definition) is 6. The molecular weight excluding hydrogens is 1870 g/mol. The van der Waals surface area contributed by atoms with Crippen LogP contribution in [0.3, 0.4) is 0 Å². The highest BCUT2D eigenvalue weighted by molar-refractivity contribution is 9.11. The number of benzene rings is 7. The van der Waals surface area contributed by atoms with E-state index in [0.717, 1.165) is 163 Å². The number of rotatable bonds is 24. The molecule has 34 heteroatoms. The first kappa shape index (κ1) is 95.9. The fourth-order valence-electron chi connectivity index (χ4n) is 19.9. The Labute approximate surface area is 799 Å². The molecule has 0 bridgehead atoms. The molecule has 6 saturated heterocycles. The molecule has 0 atom stereocenters. The molecule has 18 rings (SSSR count). The van der Waals surface area contributed by atoms with Crippen LogP contribution in [0.15, 0.2) is 143 Å². The van der Waals surface area contributed by atoms with Crippen molar-refractivity contribution >= 4 is 189 Å². The van der Waals surface area contributed by atoms with Crippen molar-refractivity contribution in [3.05, 3.63) is 170 Å². The first-order chi connectivity index (χ1) is 63.3. The summed E-state index contributed by atoms with van der Waals surface area (Å²) in [4.78, 5) is 56.8. The standard InChI is InChI=1S/C34H42BrN6O2P.C32H41BrN9O2P.C32H43ClN7O2P/c1-22(2)41-20-34(21-41)13-15-40(16-14-34)29-18-30(43-4)28(17-23(29)3)38-33-36-19-26(35)32(39-33)37-27-12-11-24-9-7-8-10-25(24)31(27)44(5,6)42;1-21-18-26(28(44-3)19-27(21)42-12-8-22(9-13-42)41-16-14-40(2)15-17-41)38-32-36-20-23(33)31(39-32)37-25-7-6-24-29(35-11-10-34-24)30(25)45(4,5)43;1-38-16-18-40(19-17-38)23-12-14-39(15-13-23)24-9-11-27(29(20-24)42-2)36-32-34-21-26(33)31(37-32)35-28-10-8-22-6-5-7-25(22)30(28)43(3,4)41/h7-12,17-19,22H,13-16,20-21H2,1-6H3,(H2,36,37,38,39);6-7,10-11,18-20,22H,8-9,12-17H2,1-5H3,(H2,36,37,38,39);8-11,20-21,23H,5-7,12-19H2,1-4H3,(H2,34,35,36,37). The van der Waals surface area contributed by atoms with Crippen molar-refractivity contribution in [1.82, 2.24) is 64.4 Å². The molecule has 10 heterocycles. The smallest absolute Gasteiger partial charge is 0.229 e. The maximum Gasteiger partial charge on any atom is 0.229 e. The number of nitrogens with one attached hydrogen (secondary N) is 6. The molecule has 0 radical (unpaired) electrons. The van der Waals surface area contributed by atoms with Gasteiger partial charge in [0.05, 0.1) is 81.4 Å². The number of methoxy groups -OCH3 is 3. The van der Waals surface area contributed by atoms with Gasteiger partial charge in [-0.15, -0.1) is 0 Å². The highest BCUT2D eigenvalue weighted by Gasteiger charge is 2.46. The molecule has 7 aliphatic rings. The summed E-state index contributed by atoms with van der Waals surface area (Å²) >= 11 is 13.7. The van der Waals surface area contributed by atoms with Crippen LogP contribution in [-0.2, 0) is 26.5 Å². The van der Waals surface area contributed by atoms with E-state index in [1.54, 1.807) is 79.0 Å². The molecule has 1 aliphatic carbocycles. The molecule has 4 aromatic heterocycles. The topological polar surface area (TPSA) is 280 Å². The minimum absolute atomic E-state index is 0.390. The van der Waals surface area contributed by atoms with E-state index in [1.165, 1.54) is 106 Å². The lowest BCUT2D eigenvalue weighted by atomic mass is 9.71. The molecule has 0 saturated carbocycles. The third-order valence-corrected chi connectivity index (χ3v) is 33.2. The Hall–Kier alpha value is -9.28. The summed E-state index contributed by atoms with van der Waals surface area (Å²) in [5, 5.41) is 25.0. The number of halogens is 3. The van der Waals surface area contributed by atoms with Crippen LogP contribution in [0.5, 0.6) is 17.2 Å². The van der Waals surface area contributed by atoms with Crippen molar-refractivity contribution in [2.24, 2.45) is 5.41 Å². The molecule has 0 unspecified atom stereocenters. The van der Waals surface area contributed by atoms with Crippen LogP contribution in [0.1, 0.15) is 81.0 Å². The largest absolute Gasteiger partial charge is 0.494 e. The highest BCUT2D eigenvalue weighted by atomic mass is 79.9. The van der Waals surface area contributed by atoms with Crippen molar-refractivity contribution in [2.45, 2.75) is 104 Å². The lowest BCUT2D eigenvalue weighted by Crippen LogP contribution is -2.62. The predicted octanol–water partition coefficient (Wildman–Crippen LogP) is 18.8. The summed E-state index contributed by atoms with van der Waals surface area (Å²) in [5.41, 5.74) is 14.8. The number of anilines is 15. The van der Waals surface area contributed by atoms with Gasteiger partial charge in [-0.2, -0.15) is 15.0 Å². The number of likely N-dealkylation sites (tertiary alicyclic amines) is 1. The normalized spacial score (nSPS) is 17.4. The molecule has 7 aromatic carbocycles. The molecule has 6 N–H and O–H groups in total. The van der Waals surface area contributed by atoms with E-state index in [0.29, 0.717) is 94.8 Å². The molecule has 6 fully saturated rings. The molecule has 11 aromatic rings. The first-order valence-electron chi connectivity index (χ1n) is 45.9. The number of piperidine rings is 3. The Morgan fingerprint density at radius 1 is 0.470 bits per heavy atom. The second kappa shape index (κ2) is 41.1. The molecule has 700 valence electrons. The summed E-state index contributed by atoms with van der Waals surface area (Å²) in [6.07, 6.45) is 18.4. The van der Waals surface area contributed by atoms with E-state index in [4.69, 9.17) is 40.8 Å². The molecule has 6 aliphatic heterocycles. The van der Waals surface area contributed by atoms with E-state index < -0.39 is 21.4 Å². The fraction of sp³-hybridized carbons (Fsp3) is 0.449. The van der Waals surface area contributed by atoms with Gasteiger partial charge in [-0.1, -0.05) is 48.0 Å². The van der Waals surface area contributed by atoms with Gasteiger partial charge < -0.3 is 84.3 Å². The van der Waals surface area contributed by atoms with Gasteiger partial charge in [-0.25, -0.2) is 15.0 Å². The van der Waals surface area contributed by atoms with Crippen LogP contribution in [0.4, 0.5) is 86.5 Å². The number of piperazine rings is 2. The minimum atomic E-state index is -2.73. The van der Waals surface area contributed by atoms with Crippen molar-refractivity contribution in [2.75, 3.05) is 227 Å². The van der Waals surface area contributed by atoms with Crippen LogP contribution >= 0.6 is 64.9 Å². The van der Waals surface area contributed by atoms with E-state index >= 15 is 0 Å². The van der Waals surface area contributed by atoms with Gasteiger partial charge in [0.15, 0.2) is 5.82 Å². The van der Waals surface area contributed by atoms with Crippen LogP contribution in [-0.4, -0.2) is 263 Å². The van der Waals surface area contributed by atoms with Crippen molar-refractivity contribution in [3.8, 4) is 17.2 Å². The van der Waals surface area contributed by atoms with Gasteiger partial charge in [0.25, 0.3) is 0 Å². The number of nitrogens with zero attached hydrogens (tertiary/aromatic N) is 16. The zero-order chi connectivity index (χ0) is 93.1. The van der Waals surface area contributed by atoms with Crippen molar-refractivity contribution in [1.29, 1.82) is 0 Å². The zero-order valence-corrected chi connectivity index (χ0v) is 85.3. The number of aryl methyl sites for hydroxylation is 3. The third kappa shape index (κ3) is 22.1. The predicted molar refractivity (Wildman–Crippen MR) is 553 cm³/mol. The Kier molecular flexibility index (Phi) is 29.9. The molecule has 132 heavy (non-hydrogen) atoms. The van der Waals surface area contributed by atoms with Crippen LogP contribution < -0.4 is 76.7 Å². The Morgan fingerprint density at radius 2 is 0.932 bits per heavy atom. The third-order valence-electron chi connectivity index (χ3n) is 27.1. The molecular formula is C98H126Br2ClN22O6P3. The Morgan fingerprint density at radius 3 is 1.48 bits per heavy atom. The number of hydrogen-bond acceptors (Lipinski definition) is 28. The summed E-state index contributed by atoms with van der Waals surface area (Å²) in [7, 11) is 1.59. The van der Waals surface area contributed by atoms with E-state index in [-0.39, 0.29) is 0 Å². The summed E-state index contributed by atoms with van der Waals surface area (Å²) in [6, 6.07) is 36.6.